The van der Waals surface area contributed by atoms with Gasteiger partial charge in [0.15, 0.2) is 0 Å². The zero-order chi connectivity index (χ0) is 13.3. The molecule has 0 aliphatic rings. The van der Waals surface area contributed by atoms with Gasteiger partial charge in [-0.3, -0.25) is 0 Å². The van der Waals surface area contributed by atoms with Crippen LogP contribution < -0.4 is 0 Å². The molecule has 0 spiro atoms. The summed E-state index contributed by atoms with van der Waals surface area (Å²) < 4.78 is 0. The molecule has 1 nitrogen and oxygen atoms in total. The second-order valence-electron chi connectivity index (χ2n) is 5.41. The van der Waals surface area contributed by atoms with E-state index in [1.54, 1.807) is 0 Å². The lowest BCUT2D eigenvalue weighted by molar-refractivity contribution is 0.315. The molecule has 0 bridgehead atoms. The predicted octanol–water partition coefficient (Wildman–Crippen LogP) is 4.80. The van der Waals surface area contributed by atoms with Gasteiger partial charge in [-0.2, -0.15) is 0 Å². The highest BCUT2D eigenvalue weighted by atomic mass is 15.1. The van der Waals surface area contributed by atoms with E-state index in [4.69, 9.17) is 0 Å². The fraction of sp³-hybridized carbons (Fsp3) is 0.750. The van der Waals surface area contributed by atoms with Crippen LogP contribution in [-0.2, 0) is 0 Å². The first-order valence-corrected chi connectivity index (χ1v) is 6.96. The van der Waals surface area contributed by atoms with Crippen molar-refractivity contribution >= 4 is 0 Å². The molecule has 0 saturated heterocycles. The van der Waals surface area contributed by atoms with E-state index in [-0.39, 0.29) is 0 Å². The third-order valence-corrected chi connectivity index (χ3v) is 3.30. The van der Waals surface area contributed by atoms with Crippen LogP contribution in [0.15, 0.2) is 23.8 Å². The van der Waals surface area contributed by atoms with Crippen LogP contribution in [0.1, 0.15) is 59.3 Å². The molecule has 0 aromatic heterocycles. The Bertz CT molecular complexity index is 238. The molecule has 1 atom stereocenters. The smallest absolute Gasteiger partial charge is 0.0299 e. The Morgan fingerprint density at radius 2 is 1.88 bits per heavy atom. The van der Waals surface area contributed by atoms with Crippen LogP contribution in [0.2, 0.25) is 0 Å². The molecule has 0 saturated carbocycles. The van der Waals surface area contributed by atoms with Gasteiger partial charge in [-0.15, -0.1) is 0 Å². The van der Waals surface area contributed by atoms with Crippen LogP contribution in [0, 0.1) is 0 Å². The highest BCUT2D eigenvalue weighted by Crippen LogP contribution is 2.16. The molecule has 1 heteroatoms. The van der Waals surface area contributed by atoms with Crippen molar-refractivity contribution < 1.29 is 0 Å². The molecule has 0 aromatic carbocycles. The highest BCUT2D eigenvalue weighted by molar-refractivity contribution is 5.05. The lowest BCUT2D eigenvalue weighted by Gasteiger charge is -2.24. The SMILES string of the molecule is C=C(C)C(CC/C(C)=C/CCCCC)N(C)C. The largest absolute Gasteiger partial charge is 0.303 e. The zero-order valence-corrected chi connectivity index (χ0v) is 12.6. The van der Waals surface area contributed by atoms with Crippen molar-refractivity contribution in [1.29, 1.82) is 0 Å². The van der Waals surface area contributed by atoms with Crippen LogP contribution in [0.25, 0.3) is 0 Å². The van der Waals surface area contributed by atoms with Crippen molar-refractivity contribution in [1.82, 2.24) is 4.90 Å². The molecule has 17 heavy (non-hydrogen) atoms. The molecule has 0 aliphatic heterocycles. The molecule has 0 aromatic rings. The van der Waals surface area contributed by atoms with Gasteiger partial charge in [0, 0.05) is 6.04 Å². The third-order valence-electron chi connectivity index (χ3n) is 3.30. The summed E-state index contributed by atoms with van der Waals surface area (Å²) in [7, 11) is 4.28. The molecule has 1 unspecified atom stereocenters. The van der Waals surface area contributed by atoms with Gasteiger partial charge in [-0.1, -0.05) is 43.6 Å². The first kappa shape index (κ1) is 16.4. The fourth-order valence-electron chi connectivity index (χ4n) is 2.15. The van der Waals surface area contributed by atoms with E-state index in [2.05, 4.69) is 52.4 Å². The monoisotopic (exact) mass is 237 g/mol. The number of nitrogens with zero attached hydrogens (tertiary/aromatic N) is 1. The van der Waals surface area contributed by atoms with Crippen LogP contribution in [-0.4, -0.2) is 25.0 Å². The molecule has 0 rings (SSSR count). The number of likely N-dealkylation sites (N-methyl/N-ethyl adjacent to an activating group) is 1. The van der Waals surface area contributed by atoms with Crippen molar-refractivity contribution in [2.75, 3.05) is 14.1 Å². The van der Waals surface area contributed by atoms with Crippen LogP contribution in [0.5, 0.6) is 0 Å². The summed E-state index contributed by atoms with van der Waals surface area (Å²) in [6.07, 6.45) is 10.1. The summed E-state index contributed by atoms with van der Waals surface area (Å²) >= 11 is 0. The van der Waals surface area contributed by atoms with Crippen LogP contribution in [0.4, 0.5) is 0 Å². The lowest BCUT2D eigenvalue weighted by atomic mass is 10.00. The minimum Gasteiger partial charge on any atom is -0.303 e. The Hall–Kier alpha value is -0.560. The van der Waals surface area contributed by atoms with Gasteiger partial charge in [0.2, 0.25) is 0 Å². The van der Waals surface area contributed by atoms with Crippen molar-refractivity contribution in [3.05, 3.63) is 23.8 Å². The predicted molar refractivity (Wildman–Crippen MR) is 79.4 cm³/mol. The molecule has 100 valence electrons. The van der Waals surface area contributed by atoms with Crippen molar-refractivity contribution in [2.45, 2.75) is 65.3 Å². The summed E-state index contributed by atoms with van der Waals surface area (Å²) in [5.41, 5.74) is 2.81. The maximum absolute atomic E-state index is 4.08. The quantitative estimate of drug-likeness (QED) is 0.411. The zero-order valence-electron chi connectivity index (χ0n) is 12.6. The Kier molecular flexibility index (Phi) is 9.16. The van der Waals surface area contributed by atoms with Gasteiger partial charge < -0.3 is 4.90 Å². The van der Waals surface area contributed by atoms with E-state index in [1.165, 1.54) is 49.7 Å². The topological polar surface area (TPSA) is 3.24 Å². The normalized spacial score (nSPS) is 14.1. The molecule has 0 N–H and O–H groups in total. The van der Waals surface area contributed by atoms with E-state index in [1.807, 2.05) is 0 Å². The number of allylic oxidation sites excluding steroid dienone is 2. The summed E-state index contributed by atoms with van der Waals surface area (Å²) in [5, 5.41) is 0. The van der Waals surface area contributed by atoms with E-state index < -0.39 is 0 Å². The average Bonchev–Trinajstić information content (AvgIpc) is 2.23. The summed E-state index contributed by atoms with van der Waals surface area (Å²) in [5.74, 6) is 0. The maximum atomic E-state index is 4.08. The molecular weight excluding hydrogens is 206 g/mol. The molecule has 0 heterocycles. The average molecular weight is 237 g/mol. The van der Waals surface area contributed by atoms with Crippen LogP contribution >= 0.6 is 0 Å². The Balaban J connectivity index is 3.95. The Labute approximate surface area is 109 Å². The van der Waals surface area contributed by atoms with Crippen molar-refractivity contribution in [2.24, 2.45) is 0 Å². The summed E-state index contributed by atoms with van der Waals surface area (Å²) in [6, 6.07) is 0.522. The molecule has 0 fully saturated rings. The summed E-state index contributed by atoms with van der Waals surface area (Å²) in [4.78, 5) is 2.27. The molecule has 0 amide bonds. The highest BCUT2D eigenvalue weighted by Gasteiger charge is 2.11. The number of hydrogen-bond donors (Lipinski definition) is 0. The second kappa shape index (κ2) is 9.47. The van der Waals surface area contributed by atoms with E-state index in [0.717, 1.165) is 0 Å². The van der Waals surface area contributed by atoms with Crippen molar-refractivity contribution in [3.63, 3.8) is 0 Å². The van der Waals surface area contributed by atoms with E-state index >= 15 is 0 Å². The maximum Gasteiger partial charge on any atom is 0.0299 e. The van der Waals surface area contributed by atoms with Gasteiger partial charge >= 0.3 is 0 Å². The van der Waals surface area contributed by atoms with Gasteiger partial charge in [0.05, 0.1) is 0 Å². The van der Waals surface area contributed by atoms with Crippen molar-refractivity contribution in [3.8, 4) is 0 Å². The Morgan fingerprint density at radius 3 is 2.35 bits per heavy atom. The lowest BCUT2D eigenvalue weighted by Crippen LogP contribution is -2.28. The van der Waals surface area contributed by atoms with Gasteiger partial charge in [0.1, 0.15) is 0 Å². The minimum atomic E-state index is 0.522. The van der Waals surface area contributed by atoms with Gasteiger partial charge in [-0.25, -0.2) is 0 Å². The minimum absolute atomic E-state index is 0.522. The molecule has 0 radical (unpaired) electrons. The fourth-order valence-corrected chi connectivity index (χ4v) is 2.15. The third kappa shape index (κ3) is 8.20. The molecular formula is C16H31N. The first-order chi connectivity index (χ1) is 7.99. The number of hydrogen-bond acceptors (Lipinski definition) is 1. The van der Waals surface area contributed by atoms with E-state index in [0.29, 0.717) is 6.04 Å². The number of unbranched alkanes of at least 4 members (excludes halogenated alkanes) is 3. The standard InChI is InChI=1S/C16H31N/c1-7-8-9-10-11-15(4)12-13-16(14(2)3)17(5)6/h11,16H,2,7-10,12-13H2,1,3-6H3/b15-11+. The van der Waals surface area contributed by atoms with Crippen LogP contribution in [0.3, 0.4) is 0 Å². The molecule has 0 aliphatic carbocycles. The summed E-state index contributed by atoms with van der Waals surface area (Å²) in [6.45, 7) is 10.7. The second-order valence-corrected chi connectivity index (χ2v) is 5.41. The Morgan fingerprint density at radius 1 is 1.24 bits per heavy atom. The van der Waals surface area contributed by atoms with Gasteiger partial charge in [-0.05, 0) is 53.6 Å². The van der Waals surface area contributed by atoms with Gasteiger partial charge in [0.25, 0.3) is 0 Å². The van der Waals surface area contributed by atoms with E-state index in [9.17, 15) is 0 Å². The number of rotatable bonds is 9. The first-order valence-electron chi connectivity index (χ1n) is 6.96.